The molecule has 1 heterocycles. The van der Waals surface area contributed by atoms with Crippen molar-refractivity contribution in [1.82, 2.24) is 0 Å². The molecule has 0 bridgehead atoms. The highest BCUT2D eigenvalue weighted by molar-refractivity contribution is 5.34. The number of rotatable bonds is 1. The van der Waals surface area contributed by atoms with Crippen LogP contribution in [-0.2, 0) is 4.74 Å². The molecule has 2 atom stereocenters. The van der Waals surface area contributed by atoms with Crippen molar-refractivity contribution in [2.75, 3.05) is 0 Å². The molecule has 0 N–H and O–H groups in total. The van der Waals surface area contributed by atoms with Gasteiger partial charge < -0.3 is 4.74 Å². The van der Waals surface area contributed by atoms with Crippen LogP contribution in [0.25, 0.3) is 0 Å². The van der Waals surface area contributed by atoms with E-state index in [2.05, 4.69) is 39.0 Å². The van der Waals surface area contributed by atoms with E-state index in [1.54, 1.807) is 0 Å². The lowest BCUT2D eigenvalue weighted by Crippen LogP contribution is -1.89. The molecule has 1 nitrogen and oxygen atoms in total. The second-order valence-electron chi connectivity index (χ2n) is 3.62. The van der Waals surface area contributed by atoms with E-state index in [4.69, 9.17) is 4.74 Å². The predicted molar refractivity (Wildman–Crippen MR) is 49.2 cm³/mol. The minimum atomic E-state index is 0.366. The van der Waals surface area contributed by atoms with Crippen molar-refractivity contribution in [3.05, 3.63) is 34.9 Å². The Morgan fingerprint density at radius 1 is 1.25 bits per heavy atom. The summed E-state index contributed by atoms with van der Waals surface area (Å²) in [5, 5.41) is 0. The topological polar surface area (TPSA) is 12.5 Å². The molecule has 1 saturated heterocycles. The molecule has 0 saturated carbocycles. The largest absolute Gasteiger partial charge is 0.365 e. The lowest BCUT2D eigenvalue weighted by atomic mass is 10.0. The number of ether oxygens (including phenoxy) is 1. The van der Waals surface area contributed by atoms with E-state index in [-0.39, 0.29) is 0 Å². The zero-order chi connectivity index (χ0) is 8.72. The van der Waals surface area contributed by atoms with Gasteiger partial charge in [-0.3, -0.25) is 0 Å². The highest BCUT2D eigenvalue weighted by atomic mass is 16.6. The van der Waals surface area contributed by atoms with E-state index < -0.39 is 0 Å². The van der Waals surface area contributed by atoms with Gasteiger partial charge in [0.15, 0.2) is 0 Å². The van der Waals surface area contributed by atoms with Crippen molar-refractivity contribution >= 4 is 0 Å². The summed E-state index contributed by atoms with van der Waals surface area (Å²) in [6, 6.07) is 6.54. The van der Waals surface area contributed by atoms with Gasteiger partial charge in [-0.05, 0) is 31.9 Å². The maximum Gasteiger partial charge on any atom is 0.109 e. The van der Waals surface area contributed by atoms with Gasteiger partial charge in [-0.2, -0.15) is 0 Å². The number of benzene rings is 1. The molecular formula is C11H14O. The Hall–Kier alpha value is -0.820. The van der Waals surface area contributed by atoms with Gasteiger partial charge in [0.2, 0.25) is 0 Å². The van der Waals surface area contributed by atoms with Gasteiger partial charge >= 0.3 is 0 Å². The number of hydrogen-bond acceptors (Lipinski definition) is 1. The molecule has 1 heteroatoms. The van der Waals surface area contributed by atoms with Gasteiger partial charge in [-0.15, -0.1) is 0 Å². The van der Waals surface area contributed by atoms with Crippen molar-refractivity contribution < 1.29 is 4.74 Å². The summed E-state index contributed by atoms with van der Waals surface area (Å²) < 4.78 is 5.42. The second-order valence-corrected chi connectivity index (χ2v) is 3.62. The van der Waals surface area contributed by atoms with Gasteiger partial charge in [0.25, 0.3) is 0 Å². The van der Waals surface area contributed by atoms with E-state index in [9.17, 15) is 0 Å². The zero-order valence-corrected chi connectivity index (χ0v) is 7.79. The Kier molecular flexibility index (Phi) is 1.69. The molecule has 0 amide bonds. The van der Waals surface area contributed by atoms with E-state index in [1.165, 1.54) is 16.7 Å². The van der Waals surface area contributed by atoms with Gasteiger partial charge in [0.1, 0.15) is 6.10 Å². The van der Waals surface area contributed by atoms with Crippen molar-refractivity contribution in [2.24, 2.45) is 0 Å². The molecular weight excluding hydrogens is 148 g/mol. The molecule has 1 aliphatic heterocycles. The molecule has 0 aliphatic carbocycles. The molecule has 2 unspecified atom stereocenters. The third kappa shape index (κ3) is 1.25. The second kappa shape index (κ2) is 2.60. The molecule has 0 aromatic heterocycles. The van der Waals surface area contributed by atoms with Crippen LogP contribution in [0.2, 0.25) is 0 Å². The molecule has 1 fully saturated rings. The molecule has 1 aromatic rings. The Labute approximate surface area is 73.4 Å². The van der Waals surface area contributed by atoms with E-state index in [0.717, 1.165) is 0 Å². The van der Waals surface area contributed by atoms with E-state index >= 15 is 0 Å². The van der Waals surface area contributed by atoms with Crippen molar-refractivity contribution in [3.8, 4) is 0 Å². The molecule has 12 heavy (non-hydrogen) atoms. The Morgan fingerprint density at radius 3 is 2.42 bits per heavy atom. The fourth-order valence-electron chi connectivity index (χ4n) is 1.66. The summed E-state index contributed by atoms with van der Waals surface area (Å²) in [5.74, 6) is 0. The lowest BCUT2D eigenvalue weighted by molar-refractivity contribution is 0.382. The van der Waals surface area contributed by atoms with Crippen molar-refractivity contribution in [1.29, 1.82) is 0 Å². The normalized spacial score (nSPS) is 27.2. The zero-order valence-electron chi connectivity index (χ0n) is 7.79. The highest BCUT2D eigenvalue weighted by Gasteiger charge is 2.36. The average Bonchev–Trinajstić information content (AvgIpc) is 2.66. The Balaban J connectivity index is 2.33. The third-order valence-corrected chi connectivity index (χ3v) is 2.44. The standard InChI is InChI=1S/C11H14O/c1-7-4-5-10(8(2)6-7)11-9(3)12-11/h4-6,9,11H,1-3H3. The molecule has 2 rings (SSSR count). The summed E-state index contributed by atoms with van der Waals surface area (Å²) in [5.41, 5.74) is 4.03. The lowest BCUT2D eigenvalue weighted by Gasteiger charge is -2.02. The van der Waals surface area contributed by atoms with Gasteiger partial charge in [-0.25, -0.2) is 0 Å². The fourth-order valence-corrected chi connectivity index (χ4v) is 1.66. The Morgan fingerprint density at radius 2 is 1.92 bits per heavy atom. The molecule has 1 aliphatic rings. The third-order valence-electron chi connectivity index (χ3n) is 2.44. The smallest absolute Gasteiger partial charge is 0.109 e. The molecule has 0 radical (unpaired) electrons. The van der Waals surface area contributed by atoms with Crippen LogP contribution in [-0.4, -0.2) is 6.10 Å². The number of hydrogen-bond donors (Lipinski definition) is 0. The van der Waals surface area contributed by atoms with Crippen LogP contribution in [0.5, 0.6) is 0 Å². The highest BCUT2D eigenvalue weighted by Crippen LogP contribution is 2.39. The first-order valence-corrected chi connectivity index (χ1v) is 4.41. The summed E-state index contributed by atoms with van der Waals surface area (Å²) >= 11 is 0. The Bertz CT molecular complexity index is 304. The maximum absolute atomic E-state index is 5.42. The van der Waals surface area contributed by atoms with E-state index in [1.807, 2.05) is 0 Å². The van der Waals surface area contributed by atoms with Crippen molar-refractivity contribution in [3.63, 3.8) is 0 Å². The summed E-state index contributed by atoms with van der Waals surface area (Å²) in [6.07, 6.45) is 0.789. The molecule has 1 aromatic carbocycles. The quantitative estimate of drug-likeness (QED) is 0.578. The average molecular weight is 162 g/mol. The van der Waals surface area contributed by atoms with Crippen LogP contribution < -0.4 is 0 Å². The van der Waals surface area contributed by atoms with Gasteiger partial charge in [-0.1, -0.05) is 23.8 Å². The molecule has 0 spiro atoms. The van der Waals surface area contributed by atoms with Crippen LogP contribution in [0.15, 0.2) is 18.2 Å². The van der Waals surface area contributed by atoms with Crippen LogP contribution in [0.1, 0.15) is 29.7 Å². The minimum Gasteiger partial charge on any atom is -0.365 e. The van der Waals surface area contributed by atoms with Crippen molar-refractivity contribution in [2.45, 2.75) is 33.0 Å². The summed E-state index contributed by atoms with van der Waals surface area (Å²) in [7, 11) is 0. The van der Waals surface area contributed by atoms with Gasteiger partial charge in [0, 0.05) is 0 Å². The number of epoxide rings is 1. The fraction of sp³-hybridized carbons (Fsp3) is 0.455. The summed E-state index contributed by atoms with van der Waals surface area (Å²) in [6.45, 7) is 6.38. The first kappa shape index (κ1) is 7.81. The van der Waals surface area contributed by atoms with Crippen LogP contribution >= 0.6 is 0 Å². The first-order valence-electron chi connectivity index (χ1n) is 4.41. The maximum atomic E-state index is 5.42. The summed E-state index contributed by atoms with van der Waals surface area (Å²) in [4.78, 5) is 0. The van der Waals surface area contributed by atoms with E-state index in [0.29, 0.717) is 12.2 Å². The molecule has 64 valence electrons. The minimum absolute atomic E-state index is 0.366. The van der Waals surface area contributed by atoms with Crippen LogP contribution in [0, 0.1) is 13.8 Å². The first-order chi connectivity index (χ1) is 5.68. The number of aryl methyl sites for hydroxylation is 2. The van der Waals surface area contributed by atoms with Crippen LogP contribution in [0.3, 0.4) is 0 Å². The monoisotopic (exact) mass is 162 g/mol. The van der Waals surface area contributed by atoms with Crippen LogP contribution in [0.4, 0.5) is 0 Å². The SMILES string of the molecule is Cc1ccc(C2OC2C)c(C)c1. The predicted octanol–water partition coefficient (Wildman–Crippen LogP) is 2.76. The van der Waals surface area contributed by atoms with Gasteiger partial charge in [0.05, 0.1) is 6.10 Å².